The molecule has 0 spiro atoms. The lowest BCUT2D eigenvalue weighted by Gasteiger charge is -2.32. The van der Waals surface area contributed by atoms with Crippen LogP contribution in [0.25, 0.3) is 22.2 Å². The molecule has 146 valence electrons. The summed E-state index contributed by atoms with van der Waals surface area (Å²) in [7, 11) is 0. The number of benzene rings is 3. The molecule has 0 radical (unpaired) electrons. The SMILES string of the molecule is Fc1ccc(-c2[nH]c3ccccc3c2CN2CCC(c3ccccc3)CC2)cc1. The van der Waals surface area contributed by atoms with Crippen LogP contribution in [0, 0.1) is 5.82 Å². The molecule has 5 rings (SSSR count). The van der Waals surface area contributed by atoms with Gasteiger partial charge in [0, 0.05) is 17.4 Å². The number of aromatic nitrogens is 1. The first-order valence-electron chi connectivity index (χ1n) is 10.4. The van der Waals surface area contributed by atoms with E-state index in [0.29, 0.717) is 5.92 Å². The summed E-state index contributed by atoms with van der Waals surface area (Å²) >= 11 is 0. The quantitative estimate of drug-likeness (QED) is 0.434. The van der Waals surface area contributed by atoms with Crippen LogP contribution in [0.2, 0.25) is 0 Å². The minimum atomic E-state index is -0.200. The number of hydrogen-bond donors (Lipinski definition) is 1. The van der Waals surface area contributed by atoms with Crippen molar-refractivity contribution < 1.29 is 4.39 Å². The number of likely N-dealkylation sites (tertiary alicyclic amines) is 1. The predicted molar refractivity (Wildman–Crippen MR) is 117 cm³/mol. The van der Waals surface area contributed by atoms with Crippen LogP contribution in [0.5, 0.6) is 0 Å². The number of piperidine rings is 1. The van der Waals surface area contributed by atoms with Crippen molar-refractivity contribution in [1.82, 2.24) is 9.88 Å². The molecule has 1 N–H and O–H groups in total. The largest absolute Gasteiger partial charge is 0.354 e. The highest BCUT2D eigenvalue weighted by atomic mass is 19.1. The topological polar surface area (TPSA) is 19.0 Å². The van der Waals surface area contributed by atoms with Crippen LogP contribution < -0.4 is 0 Å². The minimum absolute atomic E-state index is 0.200. The number of H-pyrrole nitrogens is 1. The molecule has 1 fully saturated rings. The van der Waals surface area contributed by atoms with E-state index >= 15 is 0 Å². The van der Waals surface area contributed by atoms with Gasteiger partial charge in [-0.05, 0) is 78.9 Å². The Hall–Kier alpha value is -2.91. The van der Waals surface area contributed by atoms with Gasteiger partial charge in [0.25, 0.3) is 0 Å². The average molecular weight is 384 g/mol. The summed E-state index contributed by atoms with van der Waals surface area (Å²) in [5.41, 5.74) is 6.06. The molecule has 1 aliphatic heterocycles. The van der Waals surface area contributed by atoms with Gasteiger partial charge in [0.05, 0.1) is 5.69 Å². The van der Waals surface area contributed by atoms with Crippen molar-refractivity contribution in [3.05, 3.63) is 95.8 Å². The van der Waals surface area contributed by atoms with Crippen molar-refractivity contribution >= 4 is 10.9 Å². The Kier molecular flexibility index (Phi) is 4.91. The molecule has 29 heavy (non-hydrogen) atoms. The molecular weight excluding hydrogens is 359 g/mol. The molecule has 2 heterocycles. The second-order valence-electron chi connectivity index (χ2n) is 7.99. The van der Waals surface area contributed by atoms with Crippen molar-refractivity contribution in [2.75, 3.05) is 13.1 Å². The summed E-state index contributed by atoms with van der Waals surface area (Å²) in [5.74, 6) is 0.460. The van der Waals surface area contributed by atoms with Gasteiger partial charge in [-0.1, -0.05) is 48.5 Å². The van der Waals surface area contributed by atoms with E-state index in [1.165, 1.54) is 41.5 Å². The summed E-state index contributed by atoms with van der Waals surface area (Å²) in [6.07, 6.45) is 2.39. The Balaban J connectivity index is 1.40. The van der Waals surface area contributed by atoms with Gasteiger partial charge in [0.15, 0.2) is 0 Å². The van der Waals surface area contributed by atoms with Crippen LogP contribution in [0.15, 0.2) is 78.9 Å². The Bertz CT molecular complexity index is 1090. The molecule has 0 atom stereocenters. The van der Waals surface area contributed by atoms with Crippen molar-refractivity contribution in [1.29, 1.82) is 0 Å². The second kappa shape index (κ2) is 7.84. The summed E-state index contributed by atoms with van der Waals surface area (Å²) < 4.78 is 13.4. The van der Waals surface area contributed by atoms with Crippen molar-refractivity contribution in [2.45, 2.75) is 25.3 Å². The van der Waals surface area contributed by atoms with Crippen LogP contribution in [-0.4, -0.2) is 23.0 Å². The number of fused-ring (bicyclic) bond motifs is 1. The molecule has 1 aromatic heterocycles. The zero-order chi connectivity index (χ0) is 19.6. The Morgan fingerprint density at radius 3 is 2.28 bits per heavy atom. The van der Waals surface area contributed by atoms with E-state index in [4.69, 9.17) is 0 Å². The fraction of sp³-hybridized carbons (Fsp3) is 0.231. The number of rotatable bonds is 4. The van der Waals surface area contributed by atoms with Gasteiger partial charge >= 0.3 is 0 Å². The monoisotopic (exact) mass is 384 g/mol. The Morgan fingerprint density at radius 1 is 0.828 bits per heavy atom. The molecule has 0 bridgehead atoms. The highest BCUT2D eigenvalue weighted by Gasteiger charge is 2.23. The van der Waals surface area contributed by atoms with Crippen molar-refractivity contribution in [2.24, 2.45) is 0 Å². The molecule has 0 unspecified atom stereocenters. The van der Waals surface area contributed by atoms with Gasteiger partial charge in [0.2, 0.25) is 0 Å². The van der Waals surface area contributed by atoms with E-state index < -0.39 is 0 Å². The fourth-order valence-corrected chi connectivity index (χ4v) is 4.60. The lowest BCUT2D eigenvalue weighted by molar-refractivity contribution is 0.205. The highest BCUT2D eigenvalue weighted by molar-refractivity contribution is 5.90. The Morgan fingerprint density at radius 2 is 1.52 bits per heavy atom. The third kappa shape index (κ3) is 3.70. The third-order valence-corrected chi connectivity index (χ3v) is 6.19. The normalized spacial score (nSPS) is 15.8. The van der Waals surface area contributed by atoms with Gasteiger partial charge in [0.1, 0.15) is 5.82 Å². The fourth-order valence-electron chi connectivity index (χ4n) is 4.60. The van der Waals surface area contributed by atoms with Crippen LogP contribution in [0.4, 0.5) is 4.39 Å². The number of hydrogen-bond acceptors (Lipinski definition) is 1. The molecule has 1 aliphatic rings. The molecular formula is C26H25FN2. The maximum Gasteiger partial charge on any atom is 0.123 e. The molecule has 0 amide bonds. The third-order valence-electron chi connectivity index (χ3n) is 6.19. The first-order valence-corrected chi connectivity index (χ1v) is 10.4. The molecule has 2 nitrogen and oxygen atoms in total. The van der Waals surface area contributed by atoms with E-state index in [1.807, 2.05) is 12.1 Å². The van der Waals surface area contributed by atoms with E-state index in [-0.39, 0.29) is 5.82 Å². The maximum absolute atomic E-state index is 13.4. The summed E-state index contributed by atoms with van der Waals surface area (Å²) in [6, 6.07) is 26.1. The van der Waals surface area contributed by atoms with Crippen LogP contribution in [0.1, 0.15) is 29.9 Å². The predicted octanol–water partition coefficient (Wildman–Crippen LogP) is 6.35. The van der Waals surface area contributed by atoms with E-state index in [1.54, 1.807) is 0 Å². The smallest absolute Gasteiger partial charge is 0.123 e. The van der Waals surface area contributed by atoms with Crippen molar-refractivity contribution in [3.8, 4) is 11.3 Å². The summed E-state index contributed by atoms with van der Waals surface area (Å²) in [5, 5.41) is 1.26. The second-order valence-corrected chi connectivity index (χ2v) is 7.99. The van der Waals surface area contributed by atoms with Gasteiger partial charge in [-0.3, -0.25) is 4.90 Å². The molecule has 1 saturated heterocycles. The highest BCUT2D eigenvalue weighted by Crippen LogP contribution is 2.34. The average Bonchev–Trinajstić information content (AvgIpc) is 3.14. The van der Waals surface area contributed by atoms with E-state index in [0.717, 1.165) is 36.4 Å². The van der Waals surface area contributed by atoms with Crippen molar-refractivity contribution in [3.63, 3.8) is 0 Å². The first-order chi connectivity index (χ1) is 14.3. The first kappa shape index (κ1) is 18.1. The van der Waals surface area contributed by atoms with Crippen LogP contribution in [-0.2, 0) is 6.54 Å². The minimum Gasteiger partial charge on any atom is -0.354 e. The molecule has 3 heteroatoms. The number of nitrogens with zero attached hydrogens (tertiary/aromatic N) is 1. The summed E-state index contributed by atoms with van der Waals surface area (Å²) in [6.45, 7) is 3.11. The molecule has 3 aromatic carbocycles. The number of aromatic amines is 1. The maximum atomic E-state index is 13.4. The van der Waals surface area contributed by atoms with Crippen LogP contribution >= 0.6 is 0 Å². The van der Waals surface area contributed by atoms with Gasteiger partial charge in [-0.15, -0.1) is 0 Å². The van der Waals surface area contributed by atoms with Crippen LogP contribution in [0.3, 0.4) is 0 Å². The number of halogens is 1. The summed E-state index contributed by atoms with van der Waals surface area (Å²) in [4.78, 5) is 6.13. The lowest BCUT2D eigenvalue weighted by Crippen LogP contribution is -2.32. The molecule has 0 saturated carbocycles. The lowest BCUT2D eigenvalue weighted by atomic mass is 9.89. The Labute approximate surface area is 171 Å². The zero-order valence-corrected chi connectivity index (χ0v) is 16.4. The number of para-hydroxylation sites is 1. The van der Waals surface area contributed by atoms with Gasteiger partial charge < -0.3 is 4.98 Å². The number of nitrogens with one attached hydrogen (secondary N) is 1. The molecule has 0 aliphatic carbocycles. The van der Waals surface area contributed by atoms with E-state index in [9.17, 15) is 4.39 Å². The molecule has 4 aromatic rings. The standard InChI is InChI=1S/C26H25FN2/c27-22-12-10-21(11-13-22)26-24(23-8-4-5-9-25(23)28-26)18-29-16-14-20(15-17-29)19-6-2-1-3-7-19/h1-13,20,28H,14-18H2. The van der Waals surface area contributed by atoms with E-state index in [2.05, 4.69) is 64.5 Å². The van der Waals surface area contributed by atoms with Gasteiger partial charge in [-0.2, -0.15) is 0 Å². The zero-order valence-electron chi connectivity index (χ0n) is 16.4. The van der Waals surface area contributed by atoms with Gasteiger partial charge in [-0.25, -0.2) is 4.39 Å².